The fourth-order valence-electron chi connectivity index (χ4n) is 2.08. The Hall–Kier alpha value is -2.22. The second-order valence-electron chi connectivity index (χ2n) is 5.11. The van der Waals surface area contributed by atoms with E-state index in [4.69, 9.17) is 18.9 Å². The Morgan fingerprint density at radius 2 is 1.70 bits per heavy atom. The molecule has 0 spiro atoms. The molecule has 0 fully saturated rings. The molecule has 0 N–H and O–H groups in total. The van der Waals surface area contributed by atoms with Crippen molar-refractivity contribution < 1.29 is 38.1 Å². The maximum absolute atomic E-state index is 11.3. The molecule has 8 nitrogen and oxygen atoms in total. The van der Waals surface area contributed by atoms with Crippen LogP contribution in [0.1, 0.15) is 34.1 Å². The smallest absolute Gasteiger partial charge is 0.307 e. The number of carbonyl (C=O) groups excluding carboxylic acids is 4. The van der Waals surface area contributed by atoms with Crippen LogP contribution in [0.2, 0.25) is 0 Å². The minimum Gasteiger partial charge on any atom is -0.463 e. The van der Waals surface area contributed by atoms with Crippen molar-refractivity contribution in [3.8, 4) is 0 Å². The highest BCUT2D eigenvalue weighted by Gasteiger charge is 2.38. The third-order valence-corrected chi connectivity index (χ3v) is 2.81. The monoisotopic (exact) mass is 328 g/mol. The topological polar surface area (TPSA) is 105 Å². The Labute approximate surface area is 133 Å². The summed E-state index contributed by atoms with van der Waals surface area (Å²) in [4.78, 5) is 44.8. The number of esters is 3. The molecule has 0 aromatic heterocycles. The quantitative estimate of drug-likeness (QED) is 0.517. The van der Waals surface area contributed by atoms with Crippen LogP contribution in [0.15, 0.2) is 11.8 Å². The van der Waals surface area contributed by atoms with Crippen LogP contribution in [0.4, 0.5) is 0 Å². The van der Waals surface area contributed by atoms with E-state index in [1.165, 1.54) is 33.8 Å². The summed E-state index contributed by atoms with van der Waals surface area (Å²) in [5.74, 6) is -1.84. The van der Waals surface area contributed by atoms with Gasteiger partial charge in [0.1, 0.15) is 24.3 Å². The molecule has 23 heavy (non-hydrogen) atoms. The lowest BCUT2D eigenvalue weighted by Gasteiger charge is -2.34. The summed E-state index contributed by atoms with van der Waals surface area (Å²) in [5.41, 5.74) is 0. The molecule has 1 rings (SSSR count). The van der Waals surface area contributed by atoms with Gasteiger partial charge in [0.15, 0.2) is 6.10 Å². The predicted octanol–water partition coefficient (Wildman–Crippen LogP) is 0.675. The van der Waals surface area contributed by atoms with Crippen LogP contribution in [0.25, 0.3) is 0 Å². The number of rotatable bonds is 6. The SMILES string of the molecule is CC(=O)C[C@@H]1C=C(OC(C)=O)[C@H](OC(C)=O)[C@@H](COC(C)=O)O1. The van der Waals surface area contributed by atoms with Crippen LogP contribution >= 0.6 is 0 Å². The van der Waals surface area contributed by atoms with Gasteiger partial charge in [0.25, 0.3) is 0 Å². The number of ketones is 1. The van der Waals surface area contributed by atoms with Crippen molar-refractivity contribution in [3.05, 3.63) is 11.8 Å². The molecule has 8 heteroatoms. The zero-order valence-electron chi connectivity index (χ0n) is 13.5. The summed E-state index contributed by atoms with van der Waals surface area (Å²) in [7, 11) is 0. The summed E-state index contributed by atoms with van der Waals surface area (Å²) >= 11 is 0. The van der Waals surface area contributed by atoms with E-state index in [1.807, 2.05) is 0 Å². The lowest BCUT2D eigenvalue weighted by atomic mass is 10.0. The van der Waals surface area contributed by atoms with Gasteiger partial charge in [-0.2, -0.15) is 0 Å². The zero-order chi connectivity index (χ0) is 17.6. The van der Waals surface area contributed by atoms with Crippen molar-refractivity contribution in [2.75, 3.05) is 6.61 Å². The molecule has 1 heterocycles. The molecule has 0 saturated carbocycles. The number of Topliss-reactive ketones (excluding diaryl/α,β-unsaturated/α-hetero) is 1. The maximum Gasteiger partial charge on any atom is 0.307 e. The van der Waals surface area contributed by atoms with Crippen molar-refractivity contribution in [2.45, 2.75) is 52.4 Å². The van der Waals surface area contributed by atoms with Crippen LogP contribution in [-0.2, 0) is 38.1 Å². The van der Waals surface area contributed by atoms with Gasteiger partial charge in [-0.05, 0) is 13.0 Å². The molecule has 1 aliphatic rings. The summed E-state index contributed by atoms with van der Waals surface area (Å²) in [5, 5.41) is 0. The lowest BCUT2D eigenvalue weighted by molar-refractivity contribution is -0.173. The molecule has 1 aliphatic heterocycles. The second kappa shape index (κ2) is 8.42. The van der Waals surface area contributed by atoms with Crippen LogP contribution < -0.4 is 0 Å². The summed E-state index contributed by atoms with van der Waals surface area (Å²) in [6, 6.07) is 0. The molecule has 0 unspecified atom stereocenters. The minimum atomic E-state index is -1.04. The highest BCUT2D eigenvalue weighted by molar-refractivity contribution is 5.76. The highest BCUT2D eigenvalue weighted by atomic mass is 16.6. The fourth-order valence-corrected chi connectivity index (χ4v) is 2.08. The Morgan fingerprint density at radius 3 is 2.17 bits per heavy atom. The van der Waals surface area contributed by atoms with Gasteiger partial charge < -0.3 is 18.9 Å². The second-order valence-corrected chi connectivity index (χ2v) is 5.11. The van der Waals surface area contributed by atoms with E-state index in [1.54, 1.807) is 0 Å². The van der Waals surface area contributed by atoms with E-state index in [0.29, 0.717) is 0 Å². The standard InChI is InChI=1S/C15H20O8/c1-8(16)5-12-6-13(21-10(3)18)15(22-11(4)19)14(23-12)7-20-9(2)17/h6,12,14-15H,5,7H2,1-4H3/t12-,14-,15+/m1/s1. The number of hydrogen-bond donors (Lipinski definition) is 0. The van der Waals surface area contributed by atoms with Gasteiger partial charge in [0, 0.05) is 27.2 Å². The third kappa shape index (κ3) is 6.60. The molecular weight excluding hydrogens is 308 g/mol. The van der Waals surface area contributed by atoms with Gasteiger partial charge in [-0.15, -0.1) is 0 Å². The molecule has 0 saturated heterocycles. The maximum atomic E-state index is 11.3. The summed E-state index contributed by atoms with van der Waals surface area (Å²) in [6.45, 7) is 4.79. The molecule has 0 aromatic carbocycles. The van der Waals surface area contributed by atoms with Gasteiger partial charge in [0.05, 0.1) is 6.10 Å². The number of carbonyl (C=O) groups is 4. The molecule has 0 bridgehead atoms. The van der Waals surface area contributed by atoms with Crippen LogP contribution in [-0.4, -0.2) is 48.6 Å². The minimum absolute atomic E-state index is 0.0497. The van der Waals surface area contributed by atoms with Gasteiger partial charge in [-0.25, -0.2) is 0 Å². The average Bonchev–Trinajstić information content (AvgIpc) is 2.37. The van der Waals surface area contributed by atoms with Gasteiger partial charge in [-0.1, -0.05) is 0 Å². The van der Waals surface area contributed by atoms with E-state index in [-0.39, 0.29) is 24.6 Å². The molecule has 0 amide bonds. The molecule has 128 valence electrons. The van der Waals surface area contributed by atoms with Crippen molar-refractivity contribution in [3.63, 3.8) is 0 Å². The van der Waals surface area contributed by atoms with E-state index in [9.17, 15) is 19.2 Å². The van der Waals surface area contributed by atoms with E-state index < -0.39 is 36.2 Å². The number of ether oxygens (including phenoxy) is 4. The Balaban J connectivity index is 3.05. The normalized spacial score (nSPS) is 23.5. The molecule has 0 radical (unpaired) electrons. The largest absolute Gasteiger partial charge is 0.463 e. The first-order chi connectivity index (χ1) is 10.7. The van der Waals surface area contributed by atoms with E-state index >= 15 is 0 Å². The van der Waals surface area contributed by atoms with Crippen molar-refractivity contribution in [1.29, 1.82) is 0 Å². The molecular formula is C15H20O8. The Morgan fingerprint density at radius 1 is 1.04 bits per heavy atom. The van der Waals surface area contributed by atoms with E-state index in [2.05, 4.69) is 0 Å². The van der Waals surface area contributed by atoms with Gasteiger partial charge in [-0.3, -0.25) is 19.2 Å². The zero-order valence-corrected chi connectivity index (χ0v) is 13.5. The van der Waals surface area contributed by atoms with Gasteiger partial charge >= 0.3 is 17.9 Å². The van der Waals surface area contributed by atoms with Crippen LogP contribution in [0.3, 0.4) is 0 Å². The van der Waals surface area contributed by atoms with Crippen LogP contribution in [0, 0.1) is 0 Å². The van der Waals surface area contributed by atoms with Crippen molar-refractivity contribution >= 4 is 23.7 Å². The third-order valence-electron chi connectivity index (χ3n) is 2.81. The average molecular weight is 328 g/mol. The molecule has 0 aromatic rings. The molecule has 0 aliphatic carbocycles. The first-order valence-electron chi connectivity index (χ1n) is 7.04. The summed E-state index contributed by atoms with van der Waals surface area (Å²) < 4.78 is 20.7. The van der Waals surface area contributed by atoms with Crippen molar-refractivity contribution in [1.82, 2.24) is 0 Å². The first kappa shape index (κ1) is 18.8. The lowest BCUT2D eigenvalue weighted by Crippen LogP contribution is -2.45. The number of hydrogen-bond acceptors (Lipinski definition) is 8. The van der Waals surface area contributed by atoms with Crippen molar-refractivity contribution in [2.24, 2.45) is 0 Å². The summed E-state index contributed by atoms with van der Waals surface area (Å²) in [6.07, 6.45) is -1.13. The Bertz CT molecular complexity index is 522. The predicted molar refractivity (Wildman–Crippen MR) is 76.0 cm³/mol. The molecule has 3 atom stereocenters. The Kier molecular flexibility index (Phi) is 6.89. The highest BCUT2D eigenvalue weighted by Crippen LogP contribution is 2.26. The fraction of sp³-hybridized carbons (Fsp3) is 0.600. The van der Waals surface area contributed by atoms with E-state index in [0.717, 1.165) is 0 Å². The first-order valence-corrected chi connectivity index (χ1v) is 7.04. The van der Waals surface area contributed by atoms with Crippen LogP contribution in [0.5, 0.6) is 0 Å². The van der Waals surface area contributed by atoms with Gasteiger partial charge in [0.2, 0.25) is 0 Å².